The summed E-state index contributed by atoms with van der Waals surface area (Å²) in [7, 11) is -2.24. The molecule has 0 radical (unpaired) electrons. The second-order valence-electron chi connectivity index (χ2n) is 5.08. The fourth-order valence-corrected chi connectivity index (χ4v) is 3.08. The number of carbonyl (C=O) groups is 1. The van der Waals surface area contributed by atoms with Gasteiger partial charge in [-0.05, 0) is 49.4 Å². The third kappa shape index (κ3) is 4.30. The molecule has 0 fully saturated rings. The first-order valence-electron chi connectivity index (χ1n) is 6.94. The summed E-state index contributed by atoms with van der Waals surface area (Å²) < 4.78 is 26.1. The van der Waals surface area contributed by atoms with Gasteiger partial charge in [-0.25, -0.2) is 13.1 Å². The molecule has 7 heteroatoms. The highest BCUT2D eigenvalue weighted by Gasteiger charge is 2.15. The van der Waals surface area contributed by atoms with Gasteiger partial charge in [0.1, 0.15) is 5.75 Å². The van der Waals surface area contributed by atoms with E-state index in [4.69, 9.17) is 0 Å². The van der Waals surface area contributed by atoms with Crippen molar-refractivity contribution in [3.63, 3.8) is 0 Å². The lowest BCUT2D eigenvalue weighted by Gasteiger charge is -2.10. The zero-order valence-electron chi connectivity index (χ0n) is 12.8. The third-order valence-corrected chi connectivity index (χ3v) is 4.89. The minimum absolute atomic E-state index is 0.127. The van der Waals surface area contributed by atoms with Gasteiger partial charge in [-0.15, -0.1) is 0 Å². The minimum Gasteiger partial charge on any atom is -0.508 e. The van der Waals surface area contributed by atoms with Crippen molar-refractivity contribution in [3.8, 4) is 5.75 Å². The summed E-state index contributed by atoms with van der Waals surface area (Å²) in [4.78, 5) is 12.2. The number of rotatable bonds is 5. The molecule has 0 heterocycles. The first kappa shape index (κ1) is 17.0. The topological polar surface area (TPSA) is 95.5 Å². The van der Waals surface area contributed by atoms with Crippen molar-refractivity contribution in [3.05, 3.63) is 53.6 Å². The van der Waals surface area contributed by atoms with Crippen molar-refractivity contribution >= 4 is 21.6 Å². The molecule has 0 aliphatic heterocycles. The molecule has 0 spiro atoms. The molecule has 1 amide bonds. The van der Waals surface area contributed by atoms with Gasteiger partial charge in [-0.2, -0.15) is 0 Å². The lowest BCUT2D eigenvalue weighted by Crippen LogP contribution is -2.20. The van der Waals surface area contributed by atoms with E-state index >= 15 is 0 Å². The maximum atomic E-state index is 12.0. The van der Waals surface area contributed by atoms with Gasteiger partial charge in [0, 0.05) is 5.69 Å². The van der Waals surface area contributed by atoms with Crippen LogP contribution in [0.1, 0.15) is 11.1 Å². The summed E-state index contributed by atoms with van der Waals surface area (Å²) in [6.07, 6.45) is 0.127. The summed E-state index contributed by atoms with van der Waals surface area (Å²) in [6.45, 7) is 1.69. The Labute approximate surface area is 135 Å². The van der Waals surface area contributed by atoms with Gasteiger partial charge in [-0.1, -0.05) is 18.2 Å². The van der Waals surface area contributed by atoms with Gasteiger partial charge in [0.2, 0.25) is 15.9 Å². The van der Waals surface area contributed by atoms with E-state index in [0.717, 1.165) is 5.56 Å². The van der Waals surface area contributed by atoms with Crippen molar-refractivity contribution < 1.29 is 18.3 Å². The second-order valence-corrected chi connectivity index (χ2v) is 6.93. The van der Waals surface area contributed by atoms with Crippen molar-refractivity contribution in [2.24, 2.45) is 0 Å². The largest absolute Gasteiger partial charge is 0.508 e. The Kier molecular flexibility index (Phi) is 5.02. The number of carbonyl (C=O) groups excluding carboxylic acids is 1. The summed E-state index contributed by atoms with van der Waals surface area (Å²) in [5.41, 5.74) is 1.75. The van der Waals surface area contributed by atoms with Gasteiger partial charge in [-0.3, -0.25) is 4.79 Å². The number of anilines is 1. The molecule has 0 bridgehead atoms. The van der Waals surface area contributed by atoms with Crippen molar-refractivity contribution in [2.75, 3.05) is 12.4 Å². The molecule has 2 aromatic carbocycles. The molecule has 0 atom stereocenters. The molecular weight excluding hydrogens is 316 g/mol. The van der Waals surface area contributed by atoms with Crippen LogP contribution < -0.4 is 10.0 Å². The number of sulfonamides is 1. The Morgan fingerprint density at radius 3 is 2.39 bits per heavy atom. The summed E-state index contributed by atoms with van der Waals surface area (Å²) in [5.74, 6) is -0.137. The van der Waals surface area contributed by atoms with E-state index < -0.39 is 10.0 Å². The van der Waals surface area contributed by atoms with Gasteiger partial charge >= 0.3 is 0 Å². The van der Waals surface area contributed by atoms with Gasteiger partial charge in [0.25, 0.3) is 0 Å². The van der Waals surface area contributed by atoms with Crippen LogP contribution in [0.15, 0.2) is 47.4 Å². The number of hydrogen-bond acceptors (Lipinski definition) is 4. The molecule has 0 aromatic heterocycles. The molecule has 23 heavy (non-hydrogen) atoms. The highest BCUT2D eigenvalue weighted by Crippen LogP contribution is 2.20. The quantitative estimate of drug-likeness (QED) is 0.777. The third-order valence-electron chi connectivity index (χ3n) is 3.33. The van der Waals surface area contributed by atoms with Crippen LogP contribution in [0.4, 0.5) is 5.69 Å². The first-order chi connectivity index (χ1) is 10.8. The van der Waals surface area contributed by atoms with Gasteiger partial charge in [0.05, 0.1) is 11.3 Å². The van der Waals surface area contributed by atoms with Crippen LogP contribution in [0.25, 0.3) is 0 Å². The Bertz CT molecular complexity index is 814. The SMILES string of the molecule is CNS(=O)(=O)c1cc(NC(=O)Cc2ccc(O)cc2)ccc1C. The number of phenolic OH excluding ortho intramolecular Hbond substituents is 1. The second kappa shape index (κ2) is 6.80. The maximum absolute atomic E-state index is 12.0. The number of aryl methyl sites for hydroxylation is 1. The molecule has 2 rings (SSSR count). The predicted octanol–water partition coefficient (Wildman–Crippen LogP) is 1.79. The van der Waals surface area contributed by atoms with E-state index in [1.54, 1.807) is 31.2 Å². The summed E-state index contributed by atoms with van der Waals surface area (Å²) in [6, 6.07) is 11.0. The Hall–Kier alpha value is -2.38. The van der Waals surface area contributed by atoms with Crippen LogP contribution >= 0.6 is 0 Å². The lowest BCUT2D eigenvalue weighted by molar-refractivity contribution is -0.115. The number of hydrogen-bond donors (Lipinski definition) is 3. The van der Waals surface area contributed by atoms with Crippen LogP contribution in [0, 0.1) is 6.92 Å². The number of amides is 1. The Morgan fingerprint density at radius 2 is 1.78 bits per heavy atom. The summed E-state index contributed by atoms with van der Waals surface area (Å²) in [5, 5.41) is 11.9. The van der Waals surface area contributed by atoms with Crippen molar-refractivity contribution in [1.82, 2.24) is 4.72 Å². The average molecular weight is 334 g/mol. The van der Waals surface area contributed by atoms with Crippen molar-refractivity contribution in [1.29, 1.82) is 0 Å². The number of aromatic hydroxyl groups is 1. The normalized spacial score (nSPS) is 11.2. The Balaban J connectivity index is 2.15. The first-order valence-corrected chi connectivity index (χ1v) is 8.42. The van der Waals surface area contributed by atoms with Crippen LogP contribution in [0.5, 0.6) is 5.75 Å². The molecule has 3 N–H and O–H groups in total. The highest BCUT2D eigenvalue weighted by atomic mass is 32.2. The average Bonchev–Trinajstić information content (AvgIpc) is 2.51. The maximum Gasteiger partial charge on any atom is 0.240 e. The Morgan fingerprint density at radius 1 is 1.13 bits per heavy atom. The molecule has 2 aromatic rings. The molecule has 0 unspecified atom stereocenters. The van der Waals surface area contributed by atoms with Crippen LogP contribution in [-0.2, 0) is 21.2 Å². The summed E-state index contributed by atoms with van der Waals surface area (Å²) >= 11 is 0. The van der Waals surface area contributed by atoms with E-state index in [1.165, 1.54) is 25.2 Å². The van der Waals surface area contributed by atoms with Crippen molar-refractivity contribution in [2.45, 2.75) is 18.2 Å². The molecule has 6 nitrogen and oxygen atoms in total. The predicted molar refractivity (Wildman–Crippen MR) is 87.9 cm³/mol. The number of phenols is 1. The number of benzene rings is 2. The van der Waals surface area contributed by atoms with Crippen LogP contribution in [0.2, 0.25) is 0 Å². The zero-order chi connectivity index (χ0) is 17.0. The molecule has 0 aliphatic rings. The van der Waals surface area contributed by atoms with E-state index in [0.29, 0.717) is 11.3 Å². The fraction of sp³-hybridized carbons (Fsp3) is 0.188. The standard InChI is InChI=1S/C16H18N2O4S/c1-11-3-6-13(10-15(11)23(21,22)17-2)18-16(20)9-12-4-7-14(19)8-5-12/h3-8,10,17,19H,9H2,1-2H3,(H,18,20). The molecule has 122 valence electrons. The minimum atomic E-state index is -3.58. The monoisotopic (exact) mass is 334 g/mol. The van der Waals surface area contributed by atoms with Gasteiger partial charge < -0.3 is 10.4 Å². The van der Waals surface area contributed by atoms with Gasteiger partial charge in [0.15, 0.2) is 0 Å². The molecular formula is C16H18N2O4S. The smallest absolute Gasteiger partial charge is 0.240 e. The highest BCUT2D eigenvalue weighted by molar-refractivity contribution is 7.89. The van der Waals surface area contributed by atoms with Crippen LogP contribution in [-0.4, -0.2) is 26.5 Å². The van der Waals surface area contributed by atoms with E-state index in [2.05, 4.69) is 10.0 Å². The lowest BCUT2D eigenvalue weighted by atomic mass is 10.1. The fourth-order valence-electron chi connectivity index (χ4n) is 2.08. The molecule has 0 saturated carbocycles. The van der Waals surface area contributed by atoms with Crippen LogP contribution in [0.3, 0.4) is 0 Å². The van der Waals surface area contributed by atoms with E-state index in [1.807, 2.05) is 0 Å². The number of nitrogens with one attached hydrogen (secondary N) is 2. The van der Waals surface area contributed by atoms with E-state index in [9.17, 15) is 18.3 Å². The molecule has 0 aliphatic carbocycles. The molecule has 0 saturated heterocycles. The zero-order valence-corrected chi connectivity index (χ0v) is 13.6. The van der Waals surface area contributed by atoms with E-state index in [-0.39, 0.29) is 23.0 Å².